The molecule has 2 unspecified atom stereocenters. The van der Waals surface area contributed by atoms with Gasteiger partial charge in [0.25, 0.3) is 5.91 Å². The van der Waals surface area contributed by atoms with Gasteiger partial charge in [0.05, 0.1) is 6.54 Å². The molecule has 1 saturated heterocycles. The number of nitrogens with zero attached hydrogens (tertiary/aromatic N) is 2. The number of carbonyl (C=O) groups excluding carboxylic acids is 2. The van der Waals surface area contributed by atoms with Crippen LogP contribution >= 0.6 is 0 Å². The van der Waals surface area contributed by atoms with Crippen molar-refractivity contribution < 1.29 is 23.8 Å². The molecule has 3 aromatic rings. The normalized spacial score (nSPS) is 22.7. The zero-order valence-corrected chi connectivity index (χ0v) is 21.9. The molecule has 0 aliphatic carbocycles. The van der Waals surface area contributed by atoms with Gasteiger partial charge in [-0.3, -0.25) is 14.5 Å². The van der Waals surface area contributed by atoms with Crippen LogP contribution in [0.5, 0.6) is 17.2 Å². The van der Waals surface area contributed by atoms with E-state index in [1.165, 1.54) is 0 Å². The summed E-state index contributed by atoms with van der Waals surface area (Å²) in [6.07, 6.45) is 2.26. The number of fused-ring (bicyclic) bond motifs is 5. The number of ether oxygens (including phenoxy) is 3. The molecule has 39 heavy (non-hydrogen) atoms. The van der Waals surface area contributed by atoms with E-state index >= 15 is 0 Å². The first kappa shape index (κ1) is 24.0. The minimum absolute atomic E-state index is 0.0685. The Labute approximate surface area is 227 Å². The van der Waals surface area contributed by atoms with Gasteiger partial charge in [-0.1, -0.05) is 43.3 Å². The summed E-state index contributed by atoms with van der Waals surface area (Å²) < 4.78 is 17.3. The molecule has 200 valence electrons. The van der Waals surface area contributed by atoms with Crippen LogP contribution in [0.3, 0.4) is 0 Å². The summed E-state index contributed by atoms with van der Waals surface area (Å²) in [6, 6.07) is 19.5. The second kappa shape index (κ2) is 9.31. The highest BCUT2D eigenvalue weighted by molar-refractivity contribution is 6.11. The SMILES string of the molecule is CCN1CCCC1CNC(=O)c1ccccc1CN1C(=O)C2(COc3cc4c(cc32)OCO4)c2ccccc21. The van der Waals surface area contributed by atoms with Crippen molar-refractivity contribution in [3.63, 3.8) is 0 Å². The lowest BCUT2D eigenvalue weighted by Crippen LogP contribution is -2.42. The van der Waals surface area contributed by atoms with Crippen molar-refractivity contribution in [3.8, 4) is 17.2 Å². The van der Waals surface area contributed by atoms with E-state index in [-0.39, 0.29) is 31.8 Å². The third kappa shape index (κ3) is 3.69. The summed E-state index contributed by atoms with van der Waals surface area (Å²) in [5.74, 6) is 1.71. The minimum Gasteiger partial charge on any atom is -0.491 e. The Bertz CT molecular complexity index is 1470. The Balaban J connectivity index is 1.20. The Morgan fingerprint density at radius 2 is 1.79 bits per heavy atom. The Morgan fingerprint density at radius 1 is 1.00 bits per heavy atom. The van der Waals surface area contributed by atoms with Gasteiger partial charge in [0, 0.05) is 35.5 Å². The van der Waals surface area contributed by atoms with Crippen LogP contribution in [0.4, 0.5) is 5.69 Å². The highest BCUT2D eigenvalue weighted by Crippen LogP contribution is 2.55. The van der Waals surface area contributed by atoms with E-state index in [1.807, 2.05) is 60.7 Å². The van der Waals surface area contributed by atoms with Crippen molar-refractivity contribution in [1.82, 2.24) is 10.2 Å². The van der Waals surface area contributed by atoms with E-state index in [0.29, 0.717) is 35.4 Å². The Kier molecular flexibility index (Phi) is 5.74. The molecule has 3 aromatic carbocycles. The molecule has 8 heteroatoms. The van der Waals surface area contributed by atoms with Crippen molar-refractivity contribution in [1.29, 1.82) is 0 Å². The first-order valence-electron chi connectivity index (χ1n) is 13.7. The molecular weight excluding hydrogens is 494 g/mol. The van der Waals surface area contributed by atoms with E-state index in [2.05, 4.69) is 17.1 Å². The summed E-state index contributed by atoms with van der Waals surface area (Å²) in [7, 11) is 0. The molecule has 1 spiro atoms. The van der Waals surface area contributed by atoms with Gasteiger partial charge in [-0.25, -0.2) is 0 Å². The number of carbonyl (C=O) groups is 2. The second-order valence-corrected chi connectivity index (χ2v) is 10.6. The molecule has 4 aliphatic heterocycles. The number of likely N-dealkylation sites (N-methyl/N-ethyl adjacent to an activating group) is 1. The van der Waals surface area contributed by atoms with Crippen molar-refractivity contribution in [3.05, 3.63) is 82.9 Å². The maximum atomic E-state index is 14.4. The van der Waals surface area contributed by atoms with Crippen LogP contribution in [0, 0.1) is 0 Å². The van der Waals surface area contributed by atoms with Gasteiger partial charge in [0.15, 0.2) is 11.5 Å². The number of para-hydroxylation sites is 1. The highest BCUT2D eigenvalue weighted by atomic mass is 16.7. The summed E-state index contributed by atoms with van der Waals surface area (Å²) in [4.78, 5) is 31.9. The number of benzene rings is 3. The van der Waals surface area contributed by atoms with Gasteiger partial charge in [0.2, 0.25) is 12.7 Å². The first-order chi connectivity index (χ1) is 19.1. The minimum atomic E-state index is -0.976. The molecule has 0 aromatic heterocycles. The van der Waals surface area contributed by atoms with Gasteiger partial charge in [-0.2, -0.15) is 0 Å². The molecule has 7 rings (SSSR count). The summed E-state index contributed by atoms with van der Waals surface area (Å²) in [5, 5.41) is 3.16. The summed E-state index contributed by atoms with van der Waals surface area (Å²) in [5.41, 5.74) is 2.94. The average molecular weight is 526 g/mol. The second-order valence-electron chi connectivity index (χ2n) is 10.6. The maximum absolute atomic E-state index is 14.4. The van der Waals surface area contributed by atoms with Crippen LogP contribution in [-0.2, 0) is 16.8 Å². The van der Waals surface area contributed by atoms with Crippen molar-refractivity contribution >= 4 is 17.5 Å². The number of hydrogen-bond donors (Lipinski definition) is 1. The summed E-state index contributed by atoms with van der Waals surface area (Å²) in [6.45, 7) is 5.50. The van der Waals surface area contributed by atoms with Crippen molar-refractivity contribution in [2.45, 2.75) is 37.8 Å². The molecule has 8 nitrogen and oxygen atoms in total. The molecule has 2 atom stereocenters. The lowest BCUT2D eigenvalue weighted by molar-refractivity contribution is -0.122. The zero-order chi connectivity index (χ0) is 26.6. The maximum Gasteiger partial charge on any atom is 0.251 e. The third-order valence-electron chi connectivity index (χ3n) is 8.64. The van der Waals surface area contributed by atoms with Gasteiger partial charge in [-0.15, -0.1) is 0 Å². The van der Waals surface area contributed by atoms with E-state index in [1.54, 1.807) is 4.90 Å². The van der Waals surface area contributed by atoms with E-state index < -0.39 is 5.41 Å². The predicted molar refractivity (Wildman–Crippen MR) is 146 cm³/mol. The van der Waals surface area contributed by atoms with E-state index in [9.17, 15) is 9.59 Å². The van der Waals surface area contributed by atoms with Crippen LogP contribution in [0.2, 0.25) is 0 Å². The van der Waals surface area contributed by atoms with Crippen LogP contribution in [0.1, 0.15) is 46.8 Å². The topological polar surface area (TPSA) is 80.3 Å². The van der Waals surface area contributed by atoms with Crippen molar-refractivity contribution in [2.75, 3.05) is 37.9 Å². The van der Waals surface area contributed by atoms with Gasteiger partial charge in [0.1, 0.15) is 17.8 Å². The molecule has 0 radical (unpaired) electrons. The molecule has 2 amide bonds. The lowest BCUT2D eigenvalue weighted by atomic mass is 9.77. The molecule has 4 aliphatic rings. The Morgan fingerprint density at radius 3 is 2.67 bits per heavy atom. The van der Waals surface area contributed by atoms with Crippen LogP contribution < -0.4 is 24.4 Å². The predicted octanol–water partition coefficient (Wildman–Crippen LogP) is 3.85. The fraction of sp³-hybridized carbons (Fsp3) is 0.355. The standard InChI is InChI=1S/C31H31N3O5/c1-2-33-13-7-9-21(33)16-32-29(35)22-10-4-3-8-20(22)17-34-25-12-6-5-11-23(25)31(30(34)36)18-37-26-15-28-27(14-24(26)31)38-19-39-28/h3-6,8,10-12,14-15,21H,2,7,9,13,16-19H2,1H3,(H,32,35). The van der Waals surface area contributed by atoms with Gasteiger partial charge >= 0.3 is 0 Å². The summed E-state index contributed by atoms with van der Waals surface area (Å²) >= 11 is 0. The molecule has 0 saturated carbocycles. The number of rotatable bonds is 6. The Hall–Kier alpha value is -4.04. The number of anilines is 1. The fourth-order valence-corrected chi connectivity index (χ4v) is 6.62. The number of nitrogens with one attached hydrogen (secondary N) is 1. The number of hydrogen-bond acceptors (Lipinski definition) is 6. The molecule has 0 bridgehead atoms. The molecule has 1 fully saturated rings. The number of amides is 2. The highest BCUT2D eigenvalue weighted by Gasteiger charge is 2.57. The molecule has 1 N–H and O–H groups in total. The van der Waals surface area contributed by atoms with Crippen LogP contribution in [-0.4, -0.2) is 55.8 Å². The third-order valence-corrected chi connectivity index (χ3v) is 8.64. The lowest BCUT2D eigenvalue weighted by Gasteiger charge is -2.24. The van der Waals surface area contributed by atoms with E-state index in [0.717, 1.165) is 48.3 Å². The van der Waals surface area contributed by atoms with E-state index in [4.69, 9.17) is 14.2 Å². The number of likely N-dealkylation sites (tertiary alicyclic amines) is 1. The van der Waals surface area contributed by atoms with Gasteiger partial charge in [-0.05, 0) is 55.3 Å². The molecule has 4 heterocycles. The zero-order valence-electron chi connectivity index (χ0n) is 21.9. The largest absolute Gasteiger partial charge is 0.491 e. The smallest absolute Gasteiger partial charge is 0.251 e. The monoisotopic (exact) mass is 525 g/mol. The van der Waals surface area contributed by atoms with Crippen LogP contribution in [0.25, 0.3) is 0 Å². The fourth-order valence-electron chi connectivity index (χ4n) is 6.62. The average Bonchev–Trinajstić information content (AvgIpc) is 3.74. The quantitative estimate of drug-likeness (QED) is 0.527. The van der Waals surface area contributed by atoms with Gasteiger partial charge < -0.3 is 24.4 Å². The first-order valence-corrected chi connectivity index (χ1v) is 13.7. The molecular formula is C31H31N3O5. The van der Waals surface area contributed by atoms with Crippen LogP contribution in [0.15, 0.2) is 60.7 Å². The van der Waals surface area contributed by atoms with Crippen molar-refractivity contribution in [2.24, 2.45) is 0 Å².